The molecule has 0 atom stereocenters. The van der Waals surface area contributed by atoms with Crippen molar-refractivity contribution < 1.29 is 0 Å². The Labute approximate surface area is 165 Å². The van der Waals surface area contributed by atoms with Crippen molar-refractivity contribution in [3.63, 3.8) is 0 Å². The second kappa shape index (κ2) is 7.28. The predicted molar refractivity (Wildman–Crippen MR) is 117 cm³/mol. The predicted octanol–water partition coefficient (Wildman–Crippen LogP) is 7.83. The average Bonchev–Trinajstić information content (AvgIpc) is 2.59. The Hall–Kier alpha value is -2.06. The summed E-state index contributed by atoms with van der Waals surface area (Å²) < 4.78 is 1.09. The lowest BCUT2D eigenvalue weighted by atomic mass is 9.84. The summed E-state index contributed by atoms with van der Waals surface area (Å²) in [6.07, 6.45) is 0. The summed E-state index contributed by atoms with van der Waals surface area (Å²) in [5.74, 6) is 0. The van der Waals surface area contributed by atoms with Gasteiger partial charge < -0.3 is 4.90 Å². The molecule has 0 aliphatic heterocycles. The molecular weight excluding hydrogens is 382 g/mol. The smallest absolute Gasteiger partial charge is 0.0603 e. The average molecular weight is 408 g/mol. The van der Waals surface area contributed by atoms with Gasteiger partial charge in [-0.25, -0.2) is 0 Å². The largest absolute Gasteiger partial charge is 0.309 e. The number of anilines is 3. The number of nitrogens with zero attached hydrogens (tertiary/aromatic N) is 1. The highest BCUT2D eigenvalue weighted by Gasteiger charge is 2.22. The first-order chi connectivity index (χ1) is 12.3. The molecule has 26 heavy (non-hydrogen) atoms. The van der Waals surface area contributed by atoms with Crippen LogP contribution in [0, 0.1) is 13.8 Å². The zero-order valence-corrected chi connectivity index (χ0v) is 17.8. The summed E-state index contributed by atoms with van der Waals surface area (Å²) in [7, 11) is 0. The molecule has 0 N–H and O–H groups in total. The maximum Gasteiger partial charge on any atom is 0.0603 e. The molecule has 0 heterocycles. The fraction of sp³-hybridized carbons (Fsp3) is 0.250. The van der Waals surface area contributed by atoms with Crippen molar-refractivity contribution in [2.75, 3.05) is 4.90 Å². The van der Waals surface area contributed by atoms with Crippen LogP contribution in [-0.4, -0.2) is 0 Å². The van der Waals surface area contributed by atoms with Crippen LogP contribution < -0.4 is 4.90 Å². The Morgan fingerprint density at radius 1 is 0.769 bits per heavy atom. The third kappa shape index (κ3) is 3.71. The summed E-state index contributed by atoms with van der Waals surface area (Å²) in [4.78, 5) is 2.35. The van der Waals surface area contributed by atoms with E-state index in [1.165, 1.54) is 22.4 Å². The molecule has 134 valence electrons. The number of rotatable bonds is 3. The SMILES string of the molecule is Cc1cc(C(C)(C)C)cc(C)c1N(c1ccccc1)c1ccccc1Br. The highest BCUT2D eigenvalue weighted by atomic mass is 79.9. The number of para-hydroxylation sites is 2. The lowest BCUT2D eigenvalue weighted by Crippen LogP contribution is -2.16. The van der Waals surface area contributed by atoms with E-state index in [0.717, 1.165) is 15.8 Å². The van der Waals surface area contributed by atoms with Gasteiger partial charge in [0.1, 0.15) is 0 Å². The molecule has 1 nitrogen and oxygen atoms in total. The third-order valence-corrected chi connectivity index (χ3v) is 5.36. The summed E-state index contributed by atoms with van der Waals surface area (Å²) in [5, 5.41) is 0. The van der Waals surface area contributed by atoms with E-state index in [1.54, 1.807) is 0 Å². The van der Waals surface area contributed by atoms with Crippen LogP contribution in [0.25, 0.3) is 0 Å². The molecule has 3 aromatic rings. The van der Waals surface area contributed by atoms with E-state index in [1.807, 2.05) is 0 Å². The van der Waals surface area contributed by atoms with E-state index in [0.29, 0.717) is 0 Å². The van der Waals surface area contributed by atoms with Gasteiger partial charge in [-0.15, -0.1) is 0 Å². The number of hydrogen-bond acceptors (Lipinski definition) is 1. The zero-order chi connectivity index (χ0) is 18.9. The van der Waals surface area contributed by atoms with Crippen LogP contribution in [0.15, 0.2) is 71.2 Å². The first-order valence-electron chi connectivity index (χ1n) is 9.00. The minimum atomic E-state index is 0.138. The molecular formula is C24H26BrN. The Morgan fingerprint density at radius 3 is 1.85 bits per heavy atom. The van der Waals surface area contributed by atoms with Crippen LogP contribution in [0.3, 0.4) is 0 Å². The molecule has 0 spiro atoms. The van der Waals surface area contributed by atoms with Gasteiger partial charge in [0.05, 0.1) is 11.4 Å². The van der Waals surface area contributed by atoms with Crippen molar-refractivity contribution in [3.05, 3.63) is 87.9 Å². The molecule has 0 saturated carbocycles. The highest BCUT2D eigenvalue weighted by molar-refractivity contribution is 9.10. The Kier molecular flexibility index (Phi) is 5.24. The standard InChI is InChI=1S/C24H26BrN/c1-17-15-19(24(3,4)5)16-18(2)23(17)26(20-11-7-6-8-12-20)22-14-10-9-13-21(22)25/h6-16H,1-5H3. The van der Waals surface area contributed by atoms with Crippen LogP contribution in [0.4, 0.5) is 17.1 Å². The quantitative estimate of drug-likeness (QED) is 0.427. The van der Waals surface area contributed by atoms with Crippen LogP contribution in [0.2, 0.25) is 0 Å². The van der Waals surface area contributed by atoms with Gasteiger partial charge in [0.25, 0.3) is 0 Å². The van der Waals surface area contributed by atoms with E-state index in [4.69, 9.17) is 0 Å². The van der Waals surface area contributed by atoms with Gasteiger partial charge in [-0.3, -0.25) is 0 Å². The topological polar surface area (TPSA) is 3.24 Å². The third-order valence-electron chi connectivity index (χ3n) is 4.69. The highest BCUT2D eigenvalue weighted by Crippen LogP contribution is 2.42. The molecule has 0 aliphatic carbocycles. The van der Waals surface area contributed by atoms with Crippen molar-refractivity contribution in [3.8, 4) is 0 Å². The lowest BCUT2D eigenvalue weighted by molar-refractivity contribution is 0.589. The van der Waals surface area contributed by atoms with E-state index in [9.17, 15) is 0 Å². The molecule has 0 unspecified atom stereocenters. The Morgan fingerprint density at radius 2 is 1.31 bits per heavy atom. The van der Waals surface area contributed by atoms with E-state index >= 15 is 0 Å². The van der Waals surface area contributed by atoms with Crippen LogP contribution >= 0.6 is 15.9 Å². The molecule has 3 aromatic carbocycles. The maximum atomic E-state index is 3.75. The van der Waals surface area contributed by atoms with Crippen molar-refractivity contribution >= 4 is 33.0 Å². The van der Waals surface area contributed by atoms with Gasteiger partial charge in [0, 0.05) is 10.2 Å². The molecule has 0 fully saturated rings. The van der Waals surface area contributed by atoms with Crippen LogP contribution in [0.1, 0.15) is 37.5 Å². The molecule has 3 rings (SSSR count). The summed E-state index contributed by atoms with van der Waals surface area (Å²) in [5.41, 5.74) is 7.64. The Balaban J connectivity index is 2.26. The Bertz CT molecular complexity index is 884. The zero-order valence-electron chi connectivity index (χ0n) is 16.2. The summed E-state index contributed by atoms with van der Waals surface area (Å²) in [6.45, 7) is 11.2. The fourth-order valence-corrected chi connectivity index (χ4v) is 3.80. The second-order valence-electron chi connectivity index (χ2n) is 7.83. The molecule has 0 aromatic heterocycles. The van der Waals surface area contributed by atoms with Gasteiger partial charge in [-0.05, 0) is 76.1 Å². The molecule has 0 saturated heterocycles. The second-order valence-corrected chi connectivity index (χ2v) is 8.69. The van der Waals surface area contributed by atoms with E-state index in [2.05, 4.69) is 122 Å². The van der Waals surface area contributed by atoms with E-state index in [-0.39, 0.29) is 5.41 Å². The van der Waals surface area contributed by atoms with Crippen molar-refractivity contribution in [2.45, 2.75) is 40.0 Å². The fourth-order valence-electron chi connectivity index (χ4n) is 3.34. The minimum Gasteiger partial charge on any atom is -0.309 e. The summed E-state index contributed by atoms with van der Waals surface area (Å²) in [6, 6.07) is 23.6. The molecule has 2 heteroatoms. The first-order valence-corrected chi connectivity index (χ1v) is 9.80. The minimum absolute atomic E-state index is 0.138. The van der Waals surface area contributed by atoms with Gasteiger partial charge in [-0.1, -0.05) is 63.2 Å². The van der Waals surface area contributed by atoms with Crippen LogP contribution in [0.5, 0.6) is 0 Å². The molecule has 0 aliphatic rings. The number of hydrogen-bond donors (Lipinski definition) is 0. The van der Waals surface area contributed by atoms with E-state index < -0.39 is 0 Å². The monoisotopic (exact) mass is 407 g/mol. The first kappa shape index (κ1) is 18.7. The van der Waals surface area contributed by atoms with Crippen molar-refractivity contribution in [1.29, 1.82) is 0 Å². The molecule has 0 amide bonds. The lowest BCUT2D eigenvalue weighted by Gasteiger charge is -2.31. The maximum absolute atomic E-state index is 3.75. The summed E-state index contributed by atoms with van der Waals surface area (Å²) >= 11 is 3.75. The van der Waals surface area contributed by atoms with Gasteiger partial charge in [0.2, 0.25) is 0 Å². The molecule has 0 radical (unpaired) electrons. The van der Waals surface area contributed by atoms with Gasteiger partial charge >= 0.3 is 0 Å². The van der Waals surface area contributed by atoms with Gasteiger partial charge in [-0.2, -0.15) is 0 Å². The van der Waals surface area contributed by atoms with Gasteiger partial charge in [0.15, 0.2) is 0 Å². The van der Waals surface area contributed by atoms with Crippen LogP contribution in [-0.2, 0) is 5.41 Å². The number of aryl methyl sites for hydroxylation is 2. The number of benzene rings is 3. The normalized spacial score (nSPS) is 11.5. The molecule has 0 bridgehead atoms. The number of halogens is 1. The van der Waals surface area contributed by atoms with Crippen molar-refractivity contribution in [2.24, 2.45) is 0 Å². The van der Waals surface area contributed by atoms with Crippen molar-refractivity contribution in [1.82, 2.24) is 0 Å².